The Labute approximate surface area is 110 Å². The second-order valence-corrected chi connectivity index (χ2v) is 4.00. The molecule has 0 fully saturated rings. The first-order valence-electron chi connectivity index (χ1n) is 5.66. The molecular weight excluding hydrogens is 244 g/mol. The summed E-state index contributed by atoms with van der Waals surface area (Å²) in [5, 5.41) is 2.78. The van der Waals surface area contributed by atoms with E-state index in [0.717, 1.165) is 5.56 Å². The third kappa shape index (κ3) is 3.38. The van der Waals surface area contributed by atoms with Crippen LogP contribution in [-0.4, -0.2) is 5.97 Å². The lowest BCUT2D eigenvalue weighted by Gasteiger charge is -2.07. The summed E-state index contributed by atoms with van der Waals surface area (Å²) in [6.45, 7) is 1.90. The standard InChI is InChI=1S/C14H12N2O3/c1-10-3-2-4-11(9-10)14(17)19-16-13-7-5-12(15-18)6-8-13/h2-9,16H,1H3. The molecule has 2 aromatic rings. The molecule has 2 aromatic carbocycles. The Hall–Kier alpha value is -2.69. The van der Waals surface area contributed by atoms with Crippen LogP contribution in [0.25, 0.3) is 0 Å². The lowest BCUT2D eigenvalue weighted by Crippen LogP contribution is -2.10. The van der Waals surface area contributed by atoms with Crippen LogP contribution in [0.5, 0.6) is 0 Å². The number of nitroso groups, excluding NO2 is 1. The molecule has 0 spiro atoms. The summed E-state index contributed by atoms with van der Waals surface area (Å²) in [5.74, 6) is -0.471. The molecule has 19 heavy (non-hydrogen) atoms. The van der Waals surface area contributed by atoms with Gasteiger partial charge in [0.25, 0.3) is 0 Å². The molecule has 0 saturated carbocycles. The molecule has 0 atom stereocenters. The molecular formula is C14H12N2O3. The molecule has 0 unspecified atom stereocenters. The molecule has 0 radical (unpaired) electrons. The average Bonchev–Trinajstić information content (AvgIpc) is 2.45. The van der Waals surface area contributed by atoms with Crippen molar-refractivity contribution in [3.63, 3.8) is 0 Å². The van der Waals surface area contributed by atoms with Crippen LogP contribution in [0.15, 0.2) is 53.7 Å². The average molecular weight is 256 g/mol. The molecule has 5 nitrogen and oxygen atoms in total. The third-order valence-electron chi connectivity index (χ3n) is 2.49. The quantitative estimate of drug-likeness (QED) is 0.670. The minimum Gasteiger partial charge on any atom is -0.338 e. The van der Waals surface area contributed by atoms with Gasteiger partial charge in [-0.1, -0.05) is 17.7 Å². The summed E-state index contributed by atoms with van der Waals surface area (Å²) in [6, 6.07) is 13.3. The Morgan fingerprint density at radius 3 is 2.53 bits per heavy atom. The number of rotatable bonds is 4. The minimum absolute atomic E-state index is 0.315. The number of anilines is 1. The first-order valence-corrected chi connectivity index (χ1v) is 5.66. The maximum Gasteiger partial charge on any atom is 0.362 e. The van der Waals surface area contributed by atoms with Gasteiger partial charge >= 0.3 is 5.97 Å². The summed E-state index contributed by atoms with van der Waals surface area (Å²) in [5.41, 5.74) is 4.85. The fourth-order valence-corrected chi connectivity index (χ4v) is 1.53. The van der Waals surface area contributed by atoms with E-state index in [1.165, 1.54) is 12.1 Å². The molecule has 0 aliphatic rings. The van der Waals surface area contributed by atoms with Gasteiger partial charge in [-0.25, -0.2) is 10.3 Å². The van der Waals surface area contributed by atoms with Crippen molar-refractivity contribution in [2.24, 2.45) is 5.18 Å². The molecule has 0 saturated heterocycles. The Bertz CT molecular complexity index is 594. The molecule has 5 heteroatoms. The van der Waals surface area contributed by atoms with Crippen LogP contribution in [0, 0.1) is 11.8 Å². The topological polar surface area (TPSA) is 67.8 Å². The Kier molecular flexibility index (Phi) is 3.87. The van der Waals surface area contributed by atoms with Crippen molar-refractivity contribution >= 4 is 17.3 Å². The van der Waals surface area contributed by atoms with Gasteiger partial charge in [0.15, 0.2) is 0 Å². The van der Waals surface area contributed by atoms with Crippen LogP contribution < -0.4 is 5.48 Å². The van der Waals surface area contributed by atoms with Crippen molar-refractivity contribution in [1.82, 2.24) is 0 Å². The second kappa shape index (κ2) is 5.77. The number of hydrogen-bond donors (Lipinski definition) is 1. The highest BCUT2D eigenvalue weighted by molar-refractivity contribution is 5.90. The highest BCUT2D eigenvalue weighted by atomic mass is 16.7. The summed E-state index contributed by atoms with van der Waals surface area (Å²) in [6.07, 6.45) is 0. The van der Waals surface area contributed by atoms with Gasteiger partial charge in [0.1, 0.15) is 5.69 Å². The third-order valence-corrected chi connectivity index (χ3v) is 2.49. The van der Waals surface area contributed by atoms with E-state index in [1.807, 2.05) is 13.0 Å². The van der Waals surface area contributed by atoms with Gasteiger partial charge < -0.3 is 4.84 Å². The lowest BCUT2D eigenvalue weighted by atomic mass is 10.1. The zero-order chi connectivity index (χ0) is 13.7. The first kappa shape index (κ1) is 12.8. The van der Waals surface area contributed by atoms with Crippen LogP contribution >= 0.6 is 0 Å². The summed E-state index contributed by atoms with van der Waals surface area (Å²) in [7, 11) is 0. The van der Waals surface area contributed by atoms with Crippen molar-refractivity contribution < 1.29 is 9.63 Å². The fourth-order valence-electron chi connectivity index (χ4n) is 1.53. The van der Waals surface area contributed by atoms with E-state index in [4.69, 9.17) is 4.84 Å². The normalized spacial score (nSPS) is 9.74. The molecule has 0 amide bonds. The largest absolute Gasteiger partial charge is 0.362 e. The maximum atomic E-state index is 11.7. The van der Waals surface area contributed by atoms with E-state index in [-0.39, 0.29) is 0 Å². The predicted octanol–water partition coefficient (Wildman–Crippen LogP) is 3.58. The van der Waals surface area contributed by atoms with Gasteiger partial charge in [-0.05, 0) is 48.5 Å². The molecule has 0 aliphatic carbocycles. The molecule has 0 aromatic heterocycles. The zero-order valence-electron chi connectivity index (χ0n) is 10.3. The number of aryl methyl sites for hydroxylation is 1. The van der Waals surface area contributed by atoms with Gasteiger partial charge in [-0.2, -0.15) is 0 Å². The number of benzene rings is 2. The van der Waals surface area contributed by atoms with Gasteiger partial charge in [-0.15, -0.1) is 4.91 Å². The minimum atomic E-state index is -0.471. The number of hydrogen-bond acceptors (Lipinski definition) is 5. The summed E-state index contributed by atoms with van der Waals surface area (Å²) >= 11 is 0. The highest BCUT2D eigenvalue weighted by Crippen LogP contribution is 2.16. The van der Waals surface area contributed by atoms with Gasteiger partial charge in [0.2, 0.25) is 0 Å². The number of nitrogens with one attached hydrogen (secondary N) is 1. The Balaban J connectivity index is 1.98. The van der Waals surface area contributed by atoms with Crippen molar-refractivity contribution in [2.45, 2.75) is 6.92 Å². The molecule has 1 N–H and O–H groups in total. The summed E-state index contributed by atoms with van der Waals surface area (Å²) in [4.78, 5) is 26.9. The van der Waals surface area contributed by atoms with E-state index < -0.39 is 5.97 Å². The first-order chi connectivity index (χ1) is 9.19. The summed E-state index contributed by atoms with van der Waals surface area (Å²) < 4.78 is 0. The fraction of sp³-hybridized carbons (Fsp3) is 0.0714. The molecule has 0 bridgehead atoms. The van der Waals surface area contributed by atoms with Crippen molar-refractivity contribution in [3.05, 3.63) is 64.6 Å². The van der Waals surface area contributed by atoms with E-state index >= 15 is 0 Å². The van der Waals surface area contributed by atoms with Crippen LogP contribution in [0.1, 0.15) is 15.9 Å². The number of nitrogens with zero attached hydrogens (tertiary/aromatic N) is 1. The van der Waals surface area contributed by atoms with E-state index in [0.29, 0.717) is 16.9 Å². The van der Waals surface area contributed by atoms with Crippen molar-refractivity contribution in [3.8, 4) is 0 Å². The maximum absolute atomic E-state index is 11.7. The van der Waals surface area contributed by atoms with Crippen LogP contribution in [0.2, 0.25) is 0 Å². The number of carbonyl (C=O) groups excluding carboxylic acids is 1. The Morgan fingerprint density at radius 2 is 1.89 bits per heavy atom. The zero-order valence-corrected chi connectivity index (χ0v) is 10.3. The monoisotopic (exact) mass is 256 g/mol. The van der Waals surface area contributed by atoms with Crippen LogP contribution in [0.4, 0.5) is 11.4 Å². The SMILES string of the molecule is Cc1cccc(C(=O)ONc2ccc(N=O)cc2)c1. The molecule has 0 aliphatic heterocycles. The van der Waals surface area contributed by atoms with Gasteiger partial charge in [-0.3, -0.25) is 0 Å². The molecule has 2 rings (SSSR count). The Morgan fingerprint density at radius 1 is 1.16 bits per heavy atom. The van der Waals surface area contributed by atoms with Gasteiger partial charge in [0.05, 0.1) is 11.3 Å². The van der Waals surface area contributed by atoms with E-state index in [2.05, 4.69) is 10.7 Å². The highest BCUT2D eigenvalue weighted by Gasteiger charge is 2.07. The predicted molar refractivity (Wildman–Crippen MR) is 72.1 cm³/mol. The molecule has 0 heterocycles. The van der Waals surface area contributed by atoms with E-state index in [1.54, 1.807) is 30.3 Å². The van der Waals surface area contributed by atoms with Gasteiger partial charge in [0, 0.05) is 0 Å². The van der Waals surface area contributed by atoms with Crippen LogP contribution in [-0.2, 0) is 4.84 Å². The molecule has 96 valence electrons. The smallest absolute Gasteiger partial charge is 0.338 e. The number of carbonyl (C=O) groups is 1. The van der Waals surface area contributed by atoms with Crippen molar-refractivity contribution in [2.75, 3.05) is 5.48 Å². The van der Waals surface area contributed by atoms with Crippen molar-refractivity contribution in [1.29, 1.82) is 0 Å². The lowest BCUT2D eigenvalue weighted by molar-refractivity contribution is 0.0596. The van der Waals surface area contributed by atoms with E-state index in [9.17, 15) is 9.70 Å². The second-order valence-electron chi connectivity index (χ2n) is 4.00. The van der Waals surface area contributed by atoms with Crippen LogP contribution in [0.3, 0.4) is 0 Å².